The van der Waals surface area contributed by atoms with E-state index in [4.69, 9.17) is 26.2 Å². The lowest BCUT2D eigenvalue weighted by Gasteiger charge is -2.27. The number of hydrogen-bond donors (Lipinski definition) is 1. The summed E-state index contributed by atoms with van der Waals surface area (Å²) in [5.41, 5.74) is 0.835. The first kappa shape index (κ1) is 24.5. The summed E-state index contributed by atoms with van der Waals surface area (Å²) in [5, 5.41) is 9.60. The summed E-state index contributed by atoms with van der Waals surface area (Å²) < 4.78 is 11.3. The van der Waals surface area contributed by atoms with Crippen molar-refractivity contribution in [1.29, 1.82) is 0 Å². The Bertz CT molecular complexity index is 1110. The van der Waals surface area contributed by atoms with Gasteiger partial charge in [-0.3, -0.25) is 4.98 Å². The Hall–Kier alpha value is -3.10. The van der Waals surface area contributed by atoms with Crippen LogP contribution in [0.1, 0.15) is 36.0 Å². The molecular weight excluding hydrogens is 464 g/mol. The molecule has 2 heterocycles. The molecule has 0 aliphatic carbocycles. The van der Waals surface area contributed by atoms with Gasteiger partial charge in [0.05, 0.1) is 28.7 Å². The van der Waals surface area contributed by atoms with Gasteiger partial charge in [-0.05, 0) is 56.7 Å². The number of carboxylic acid groups (broad SMARTS) is 1. The number of aromatic nitrogens is 1. The highest BCUT2D eigenvalue weighted by Gasteiger charge is 2.22. The maximum Gasteiger partial charge on any atom is 0.410 e. The molecule has 1 N–H and O–H groups in total. The number of hydrogen-bond acceptors (Lipinski definition) is 6. The number of carbonyl (C=O) groups excluding carboxylic acids is 1. The first-order valence-electron chi connectivity index (χ1n) is 10.3. The lowest BCUT2D eigenvalue weighted by atomic mass is 10.2. The van der Waals surface area contributed by atoms with E-state index in [1.54, 1.807) is 41.4 Å². The number of carboxylic acids is 1. The molecule has 2 aromatic heterocycles. The van der Waals surface area contributed by atoms with Crippen LogP contribution in [-0.4, -0.2) is 45.8 Å². The van der Waals surface area contributed by atoms with Crippen molar-refractivity contribution in [1.82, 2.24) is 9.88 Å². The van der Waals surface area contributed by atoms with Crippen LogP contribution < -0.4 is 4.74 Å². The van der Waals surface area contributed by atoms with Crippen molar-refractivity contribution >= 4 is 35.0 Å². The van der Waals surface area contributed by atoms with Crippen LogP contribution in [-0.2, 0) is 11.3 Å². The number of para-hydroxylation sites is 1. The van der Waals surface area contributed by atoms with Gasteiger partial charge in [0.2, 0.25) is 0 Å². The Morgan fingerprint density at radius 2 is 1.88 bits per heavy atom. The minimum atomic E-state index is -0.963. The largest absolute Gasteiger partial charge is 0.490 e. The Morgan fingerprint density at radius 3 is 2.48 bits per heavy atom. The maximum atomic E-state index is 12.8. The SMILES string of the molecule is CC(C)(C)OC(=O)N(CCOc1ccccc1Cl)Cc1ccc(-c2ccc(C(=O)O)s2)nc1. The van der Waals surface area contributed by atoms with Crippen LogP contribution in [0.25, 0.3) is 10.6 Å². The maximum absolute atomic E-state index is 12.8. The molecule has 1 amide bonds. The summed E-state index contributed by atoms with van der Waals surface area (Å²) in [5.74, 6) is -0.416. The van der Waals surface area contributed by atoms with E-state index < -0.39 is 17.7 Å². The third kappa shape index (κ3) is 7.20. The predicted octanol–water partition coefficient (Wildman–Crippen LogP) is 5.98. The second-order valence-electron chi connectivity index (χ2n) is 8.20. The Labute approximate surface area is 201 Å². The van der Waals surface area contributed by atoms with E-state index in [0.717, 1.165) is 21.8 Å². The highest BCUT2D eigenvalue weighted by atomic mass is 35.5. The monoisotopic (exact) mass is 488 g/mol. The number of nitrogens with zero attached hydrogens (tertiary/aromatic N) is 2. The van der Waals surface area contributed by atoms with Crippen molar-refractivity contribution in [2.45, 2.75) is 32.9 Å². The van der Waals surface area contributed by atoms with Gasteiger partial charge < -0.3 is 19.5 Å². The number of amides is 1. The molecule has 0 saturated carbocycles. The molecule has 0 bridgehead atoms. The average molecular weight is 489 g/mol. The summed E-state index contributed by atoms with van der Waals surface area (Å²) in [7, 11) is 0. The zero-order chi connectivity index (χ0) is 24.0. The van der Waals surface area contributed by atoms with Gasteiger partial charge in [-0.1, -0.05) is 29.8 Å². The van der Waals surface area contributed by atoms with E-state index in [-0.39, 0.29) is 24.6 Å². The molecule has 3 aromatic rings. The first-order valence-corrected chi connectivity index (χ1v) is 11.5. The molecule has 0 spiro atoms. The molecule has 0 radical (unpaired) electrons. The Morgan fingerprint density at radius 1 is 1.12 bits per heavy atom. The van der Waals surface area contributed by atoms with Crippen molar-refractivity contribution in [3.05, 3.63) is 70.2 Å². The quantitative estimate of drug-likeness (QED) is 0.419. The number of pyridine rings is 1. The zero-order valence-corrected chi connectivity index (χ0v) is 20.2. The standard InChI is InChI=1S/C24H25ClN2O5S/c1-24(2,3)32-23(30)27(12-13-31-19-7-5-4-6-17(19)25)15-16-8-9-18(26-14-16)20-10-11-21(33-20)22(28)29/h4-11,14H,12-13,15H2,1-3H3,(H,28,29). The van der Waals surface area contributed by atoms with Gasteiger partial charge in [-0.2, -0.15) is 0 Å². The Balaban J connectivity index is 1.69. The molecule has 0 fully saturated rings. The van der Waals surface area contributed by atoms with E-state index in [9.17, 15) is 9.59 Å². The number of benzene rings is 1. The smallest absolute Gasteiger partial charge is 0.410 e. The molecule has 0 aliphatic rings. The van der Waals surface area contributed by atoms with Crippen molar-refractivity contribution in [2.75, 3.05) is 13.2 Å². The minimum absolute atomic E-state index is 0.238. The topological polar surface area (TPSA) is 89.0 Å². The van der Waals surface area contributed by atoms with Crippen molar-refractivity contribution in [2.24, 2.45) is 0 Å². The molecule has 0 aliphatic heterocycles. The Kier molecular flexibility index (Phi) is 7.94. The van der Waals surface area contributed by atoms with Gasteiger partial charge in [0.1, 0.15) is 22.8 Å². The second kappa shape index (κ2) is 10.7. The average Bonchev–Trinajstić information content (AvgIpc) is 3.24. The fourth-order valence-electron chi connectivity index (χ4n) is 2.86. The zero-order valence-electron chi connectivity index (χ0n) is 18.6. The molecule has 0 unspecified atom stereocenters. The van der Waals surface area contributed by atoms with Crippen LogP contribution in [0.5, 0.6) is 5.75 Å². The molecule has 1 aromatic carbocycles. The minimum Gasteiger partial charge on any atom is -0.490 e. The van der Waals surface area contributed by atoms with E-state index in [2.05, 4.69) is 4.98 Å². The molecule has 9 heteroatoms. The highest BCUT2D eigenvalue weighted by Crippen LogP contribution is 2.27. The number of thiophene rings is 1. The van der Waals surface area contributed by atoms with Gasteiger partial charge in [0.15, 0.2) is 0 Å². The number of carbonyl (C=O) groups is 2. The molecular formula is C24H25ClN2O5S. The van der Waals surface area contributed by atoms with Crippen molar-refractivity contribution in [3.8, 4) is 16.3 Å². The number of rotatable bonds is 8. The molecule has 0 saturated heterocycles. The summed E-state index contributed by atoms with van der Waals surface area (Å²) in [4.78, 5) is 30.9. The molecule has 0 atom stereocenters. The summed E-state index contributed by atoms with van der Waals surface area (Å²) in [6.45, 7) is 6.24. The molecule has 3 rings (SSSR count). The normalized spacial score (nSPS) is 11.2. The second-order valence-corrected chi connectivity index (χ2v) is 9.69. The molecule has 7 nitrogen and oxygen atoms in total. The highest BCUT2D eigenvalue weighted by molar-refractivity contribution is 7.17. The van der Waals surface area contributed by atoms with E-state index >= 15 is 0 Å². The molecule has 174 valence electrons. The van der Waals surface area contributed by atoms with E-state index in [1.165, 1.54) is 0 Å². The first-order chi connectivity index (χ1) is 15.6. The third-order valence-corrected chi connectivity index (χ3v) is 5.78. The lowest BCUT2D eigenvalue weighted by molar-refractivity contribution is 0.0209. The van der Waals surface area contributed by atoms with Crippen LogP contribution >= 0.6 is 22.9 Å². The van der Waals surface area contributed by atoms with Crippen LogP contribution in [0.4, 0.5) is 4.79 Å². The molecule has 33 heavy (non-hydrogen) atoms. The fourth-order valence-corrected chi connectivity index (χ4v) is 3.88. The van der Waals surface area contributed by atoms with E-state index in [1.807, 2.05) is 39.0 Å². The van der Waals surface area contributed by atoms with E-state index in [0.29, 0.717) is 16.5 Å². The van der Waals surface area contributed by atoms with Gasteiger partial charge >= 0.3 is 12.1 Å². The van der Waals surface area contributed by atoms with Crippen molar-refractivity contribution in [3.63, 3.8) is 0 Å². The summed E-state index contributed by atoms with van der Waals surface area (Å²) in [6.07, 6.45) is 1.21. The lowest BCUT2D eigenvalue weighted by Crippen LogP contribution is -2.38. The summed E-state index contributed by atoms with van der Waals surface area (Å²) >= 11 is 7.29. The van der Waals surface area contributed by atoms with Crippen LogP contribution in [0, 0.1) is 0 Å². The number of halogens is 1. The van der Waals surface area contributed by atoms with Crippen LogP contribution in [0.2, 0.25) is 5.02 Å². The van der Waals surface area contributed by atoms with Gasteiger partial charge in [-0.15, -0.1) is 11.3 Å². The van der Waals surface area contributed by atoms with Crippen LogP contribution in [0.15, 0.2) is 54.7 Å². The predicted molar refractivity (Wildman–Crippen MR) is 128 cm³/mol. The van der Waals surface area contributed by atoms with Gasteiger partial charge in [0, 0.05) is 6.20 Å². The summed E-state index contributed by atoms with van der Waals surface area (Å²) in [6, 6.07) is 14.1. The van der Waals surface area contributed by atoms with Crippen molar-refractivity contribution < 1.29 is 24.2 Å². The van der Waals surface area contributed by atoms with Gasteiger partial charge in [0.25, 0.3) is 0 Å². The fraction of sp³-hybridized carbons (Fsp3) is 0.292. The van der Waals surface area contributed by atoms with Crippen LogP contribution in [0.3, 0.4) is 0 Å². The number of aromatic carboxylic acids is 1. The van der Waals surface area contributed by atoms with Gasteiger partial charge in [-0.25, -0.2) is 9.59 Å². The third-order valence-electron chi connectivity index (χ3n) is 4.37. The number of ether oxygens (including phenoxy) is 2.